The molecule has 2 heterocycles. The fraction of sp³-hybridized carbons (Fsp3) is 0.176. The average molecular weight is 346 g/mol. The lowest BCUT2D eigenvalue weighted by atomic mass is 10.0. The Bertz CT molecular complexity index is 815. The molecule has 2 unspecified atom stereocenters. The summed E-state index contributed by atoms with van der Waals surface area (Å²) in [5.74, 6) is -0.433. The third kappa shape index (κ3) is 3.37. The topological polar surface area (TPSA) is 75.4 Å². The van der Waals surface area contributed by atoms with Crippen LogP contribution >= 0.6 is 11.3 Å². The molecule has 7 heteroatoms. The summed E-state index contributed by atoms with van der Waals surface area (Å²) in [6, 6.07) is 8.59. The molecule has 124 valence electrons. The molecule has 1 aromatic carbocycles. The molecule has 2 aromatic heterocycles. The number of aliphatic hydroxyl groups is 1. The van der Waals surface area contributed by atoms with Gasteiger partial charge in [-0.2, -0.15) is 0 Å². The normalized spacial score (nSPS) is 13.5. The zero-order chi connectivity index (χ0) is 17.1. The number of nitrogens with zero attached hydrogens (tertiary/aromatic N) is 1. The Morgan fingerprint density at radius 2 is 2.08 bits per heavy atom. The number of nitrogens with one attached hydrogen (secondary N) is 1. The molecule has 0 radical (unpaired) electrons. The molecule has 0 aliphatic heterocycles. The van der Waals surface area contributed by atoms with Gasteiger partial charge in [0.2, 0.25) is 0 Å². The summed E-state index contributed by atoms with van der Waals surface area (Å²) in [5, 5.41) is 14.9. The van der Waals surface area contributed by atoms with Crippen molar-refractivity contribution in [3.05, 3.63) is 65.2 Å². The van der Waals surface area contributed by atoms with Crippen molar-refractivity contribution in [2.75, 3.05) is 0 Å². The van der Waals surface area contributed by atoms with E-state index in [2.05, 4.69) is 10.3 Å². The quantitative estimate of drug-likeness (QED) is 0.742. The van der Waals surface area contributed by atoms with Crippen molar-refractivity contribution in [1.82, 2.24) is 10.3 Å². The Hall–Kier alpha value is -2.51. The van der Waals surface area contributed by atoms with Crippen molar-refractivity contribution in [1.29, 1.82) is 0 Å². The van der Waals surface area contributed by atoms with Gasteiger partial charge < -0.3 is 14.8 Å². The second kappa shape index (κ2) is 6.94. The number of hydrogen-bond donors (Lipinski definition) is 2. The number of thiophene rings is 1. The average Bonchev–Trinajstić information content (AvgIpc) is 3.25. The van der Waals surface area contributed by atoms with E-state index in [9.17, 15) is 14.3 Å². The Labute approximate surface area is 141 Å². The van der Waals surface area contributed by atoms with Gasteiger partial charge in [-0.1, -0.05) is 18.2 Å². The zero-order valence-electron chi connectivity index (χ0n) is 12.8. The number of carbonyl (C=O) groups is 1. The first-order valence-corrected chi connectivity index (χ1v) is 8.16. The molecular formula is C17H15FN2O3S. The molecular weight excluding hydrogens is 331 g/mol. The van der Waals surface area contributed by atoms with Crippen molar-refractivity contribution < 1.29 is 18.7 Å². The molecule has 0 spiro atoms. The second-order valence-corrected chi connectivity index (χ2v) is 6.21. The van der Waals surface area contributed by atoms with Crippen LogP contribution in [-0.2, 0) is 0 Å². The van der Waals surface area contributed by atoms with Crippen LogP contribution in [0.25, 0.3) is 10.6 Å². The van der Waals surface area contributed by atoms with E-state index in [1.807, 2.05) is 17.5 Å². The molecule has 0 aliphatic rings. The monoisotopic (exact) mass is 346 g/mol. The maximum atomic E-state index is 13.0. The van der Waals surface area contributed by atoms with E-state index in [0.717, 1.165) is 4.88 Å². The number of aromatic nitrogens is 1. The first-order valence-electron chi connectivity index (χ1n) is 7.28. The van der Waals surface area contributed by atoms with Crippen LogP contribution in [0.4, 0.5) is 4.39 Å². The smallest absolute Gasteiger partial charge is 0.274 e. The largest absolute Gasteiger partial charge is 0.442 e. The van der Waals surface area contributed by atoms with Crippen molar-refractivity contribution in [2.45, 2.75) is 19.1 Å². The van der Waals surface area contributed by atoms with Crippen LogP contribution in [0.2, 0.25) is 0 Å². The van der Waals surface area contributed by atoms with Gasteiger partial charge in [-0.25, -0.2) is 9.37 Å². The van der Waals surface area contributed by atoms with Crippen LogP contribution in [0.1, 0.15) is 29.1 Å². The van der Waals surface area contributed by atoms with Crippen LogP contribution in [0.5, 0.6) is 0 Å². The fourth-order valence-electron chi connectivity index (χ4n) is 2.29. The number of hydrogen-bond acceptors (Lipinski definition) is 5. The van der Waals surface area contributed by atoms with Gasteiger partial charge in [-0.15, -0.1) is 11.3 Å². The molecule has 0 aliphatic carbocycles. The number of benzene rings is 1. The van der Waals surface area contributed by atoms with E-state index in [1.54, 1.807) is 6.92 Å². The zero-order valence-corrected chi connectivity index (χ0v) is 13.6. The van der Waals surface area contributed by atoms with E-state index < -0.39 is 18.1 Å². The first-order chi connectivity index (χ1) is 11.6. The summed E-state index contributed by atoms with van der Waals surface area (Å²) in [6.45, 7) is 1.66. The molecule has 2 N–H and O–H groups in total. The lowest BCUT2D eigenvalue weighted by Crippen LogP contribution is -2.37. The van der Waals surface area contributed by atoms with Crippen molar-refractivity contribution in [3.8, 4) is 10.6 Å². The van der Waals surface area contributed by atoms with Gasteiger partial charge in [0, 0.05) is 0 Å². The number of rotatable bonds is 5. The van der Waals surface area contributed by atoms with Crippen molar-refractivity contribution >= 4 is 17.2 Å². The lowest BCUT2D eigenvalue weighted by Gasteiger charge is -2.20. The van der Waals surface area contributed by atoms with Crippen LogP contribution in [0.15, 0.2) is 52.6 Å². The minimum atomic E-state index is -0.966. The first kappa shape index (κ1) is 16.4. The van der Waals surface area contributed by atoms with Crippen LogP contribution in [-0.4, -0.2) is 22.0 Å². The van der Waals surface area contributed by atoms with Crippen LogP contribution < -0.4 is 5.32 Å². The van der Waals surface area contributed by atoms with Gasteiger partial charge in [0.1, 0.15) is 5.82 Å². The highest BCUT2D eigenvalue weighted by molar-refractivity contribution is 7.13. The number of carbonyl (C=O) groups excluding carboxylic acids is 1. The van der Waals surface area contributed by atoms with Gasteiger partial charge in [0.25, 0.3) is 5.91 Å². The molecule has 3 rings (SSSR count). The summed E-state index contributed by atoms with van der Waals surface area (Å²) in [6.07, 6.45) is 0.247. The SMILES string of the molecule is CC(NC(=O)c1ncoc1-c1cccs1)C(O)c1ccc(F)cc1. The maximum absolute atomic E-state index is 13.0. The summed E-state index contributed by atoms with van der Waals surface area (Å²) in [4.78, 5) is 17.2. The molecule has 1 amide bonds. The lowest BCUT2D eigenvalue weighted by molar-refractivity contribution is 0.0848. The highest BCUT2D eigenvalue weighted by Gasteiger charge is 2.24. The third-order valence-corrected chi connectivity index (χ3v) is 4.44. The minimum absolute atomic E-state index is 0.163. The minimum Gasteiger partial charge on any atom is -0.442 e. The summed E-state index contributed by atoms with van der Waals surface area (Å²) in [5.41, 5.74) is 0.679. The van der Waals surface area contributed by atoms with E-state index in [4.69, 9.17) is 4.42 Å². The Morgan fingerprint density at radius 3 is 2.75 bits per heavy atom. The fourth-order valence-corrected chi connectivity index (χ4v) is 3.01. The summed E-state index contributed by atoms with van der Waals surface area (Å²) < 4.78 is 18.3. The van der Waals surface area contributed by atoms with E-state index >= 15 is 0 Å². The van der Waals surface area contributed by atoms with Crippen molar-refractivity contribution in [3.63, 3.8) is 0 Å². The van der Waals surface area contributed by atoms with Crippen LogP contribution in [0.3, 0.4) is 0 Å². The summed E-state index contributed by atoms with van der Waals surface area (Å²) >= 11 is 1.44. The van der Waals surface area contributed by atoms with Gasteiger partial charge in [-0.3, -0.25) is 4.79 Å². The highest BCUT2D eigenvalue weighted by Crippen LogP contribution is 2.27. The van der Waals surface area contributed by atoms with Gasteiger partial charge >= 0.3 is 0 Å². The predicted molar refractivity (Wildman–Crippen MR) is 88.1 cm³/mol. The Morgan fingerprint density at radius 1 is 1.33 bits per heavy atom. The molecule has 5 nitrogen and oxygen atoms in total. The molecule has 3 aromatic rings. The van der Waals surface area contributed by atoms with Gasteiger partial charge in [0.05, 0.1) is 17.0 Å². The van der Waals surface area contributed by atoms with Crippen molar-refractivity contribution in [2.24, 2.45) is 0 Å². The summed E-state index contributed by atoms with van der Waals surface area (Å²) in [7, 11) is 0. The van der Waals surface area contributed by atoms with E-state index in [1.165, 1.54) is 42.0 Å². The van der Waals surface area contributed by atoms with Gasteiger partial charge in [0.15, 0.2) is 17.8 Å². The Kier molecular flexibility index (Phi) is 4.73. The Balaban J connectivity index is 1.73. The number of halogens is 1. The van der Waals surface area contributed by atoms with Crippen LogP contribution in [0, 0.1) is 5.82 Å². The highest BCUT2D eigenvalue weighted by atomic mass is 32.1. The maximum Gasteiger partial charge on any atom is 0.274 e. The van der Waals surface area contributed by atoms with Gasteiger partial charge in [-0.05, 0) is 36.1 Å². The molecule has 2 atom stereocenters. The number of amides is 1. The standard InChI is InChI=1S/C17H15FN2O3S/c1-10(15(21)11-4-6-12(18)7-5-11)20-17(22)14-16(23-9-19-14)13-3-2-8-24-13/h2-10,15,21H,1H3,(H,20,22). The molecule has 0 fully saturated rings. The number of oxazole rings is 1. The number of aliphatic hydroxyl groups excluding tert-OH is 1. The predicted octanol–water partition coefficient (Wildman–Crippen LogP) is 3.39. The molecule has 0 bridgehead atoms. The molecule has 24 heavy (non-hydrogen) atoms. The molecule has 0 saturated heterocycles. The molecule has 0 saturated carbocycles. The third-order valence-electron chi connectivity index (χ3n) is 3.57. The van der Waals surface area contributed by atoms with E-state index in [-0.39, 0.29) is 11.5 Å². The second-order valence-electron chi connectivity index (χ2n) is 5.27. The van der Waals surface area contributed by atoms with E-state index in [0.29, 0.717) is 11.3 Å².